The van der Waals surface area contributed by atoms with Gasteiger partial charge >= 0.3 is 6.36 Å². The number of hydrogen-bond acceptors (Lipinski definition) is 7. The molecule has 1 aliphatic heterocycles. The summed E-state index contributed by atoms with van der Waals surface area (Å²) in [7, 11) is 0. The normalized spacial score (nSPS) is 23.4. The van der Waals surface area contributed by atoms with Crippen molar-refractivity contribution in [2.24, 2.45) is 0 Å². The Morgan fingerprint density at radius 1 is 1.03 bits per heavy atom. The van der Waals surface area contributed by atoms with Crippen LogP contribution >= 0.6 is 0 Å². The number of halogens is 3. The molecule has 2 fully saturated rings. The van der Waals surface area contributed by atoms with Crippen molar-refractivity contribution in [1.29, 1.82) is 0 Å². The topological polar surface area (TPSA) is 88.9 Å². The molecular formula is C21H32F3N7O. The summed E-state index contributed by atoms with van der Waals surface area (Å²) in [6.07, 6.45) is 0.217. The maximum absolute atomic E-state index is 12.5. The third-order valence-corrected chi connectivity index (χ3v) is 5.90. The van der Waals surface area contributed by atoms with E-state index in [1.165, 1.54) is 0 Å². The number of aromatic nitrogens is 4. The molecule has 0 aromatic carbocycles. The molecule has 1 saturated carbocycles. The van der Waals surface area contributed by atoms with Crippen molar-refractivity contribution in [1.82, 2.24) is 24.8 Å². The minimum atomic E-state index is -4.58. The van der Waals surface area contributed by atoms with Crippen LogP contribution in [0, 0.1) is 0 Å². The van der Waals surface area contributed by atoms with E-state index in [2.05, 4.69) is 51.0 Å². The Balaban J connectivity index is 1.56. The third-order valence-electron chi connectivity index (χ3n) is 5.90. The number of anilines is 2. The second-order valence-electron chi connectivity index (χ2n) is 9.75. The van der Waals surface area contributed by atoms with E-state index in [4.69, 9.17) is 9.97 Å². The molecule has 4 rings (SSSR count). The van der Waals surface area contributed by atoms with Crippen LogP contribution in [0.5, 0.6) is 0 Å². The van der Waals surface area contributed by atoms with E-state index in [-0.39, 0.29) is 17.6 Å². The van der Waals surface area contributed by atoms with Crippen LogP contribution in [0.25, 0.3) is 11.2 Å². The predicted octanol–water partition coefficient (Wildman–Crippen LogP) is 4.22. The van der Waals surface area contributed by atoms with Gasteiger partial charge in [-0.2, -0.15) is 4.98 Å². The molecule has 1 saturated heterocycles. The lowest BCUT2D eigenvalue weighted by Gasteiger charge is -2.31. The van der Waals surface area contributed by atoms with Gasteiger partial charge in [-0.1, -0.05) is 0 Å². The average Bonchev–Trinajstić information content (AvgIpc) is 3.05. The van der Waals surface area contributed by atoms with Crippen LogP contribution in [-0.2, 0) is 4.74 Å². The zero-order valence-corrected chi connectivity index (χ0v) is 18.8. The standard InChI is InChI=1S/C21H32F3N7O/c1-20(2,3)30-18-26-12-16-17(29-18)31(14-8-10-25-11-9-14)19(28-16)27-13-4-6-15(7-5-13)32-21(22,23)24/h12-15,25H,4-11H2,1-3H3,(H,27,28)(H,26,29,30). The first kappa shape index (κ1) is 23.0. The van der Waals surface area contributed by atoms with E-state index in [1.54, 1.807) is 6.20 Å². The molecule has 3 heterocycles. The maximum Gasteiger partial charge on any atom is 0.522 e. The third kappa shape index (κ3) is 5.80. The molecule has 0 radical (unpaired) electrons. The second kappa shape index (κ2) is 9.01. The fraction of sp³-hybridized carbons (Fsp3) is 0.762. The van der Waals surface area contributed by atoms with Crippen molar-refractivity contribution >= 4 is 23.1 Å². The highest BCUT2D eigenvalue weighted by molar-refractivity contribution is 5.75. The Kier molecular flexibility index (Phi) is 6.49. The van der Waals surface area contributed by atoms with Gasteiger partial charge in [0.2, 0.25) is 11.9 Å². The van der Waals surface area contributed by atoms with Crippen molar-refractivity contribution < 1.29 is 17.9 Å². The summed E-state index contributed by atoms with van der Waals surface area (Å²) < 4.78 is 43.9. The number of alkyl halides is 3. The molecule has 11 heteroatoms. The van der Waals surface area contributed by atoms with Gasteiger partial charge in [-0.05, 0) is 72.4 Å². The summed E-state index contributed by atoms with van der Waals surface area (Å²) in [6.45, 7) is 7.99. The minimum absolute atomic E-state index is 0.0421. The summed E-state index contributed by atoms with van der Waals surface area (Å²) >= 11 is 0. The molecule has 32 heavy (non-hydrogen) atoms. The van der Waals surface area contributed by atoms with E-state index in [1.807, 2.05) is 0 Å². The quantitative estimate of drug-likeness (QED) is 0.622. The molecule has 3 N–H and O–H groups in total. The van der Waals surface area contributed by atoms with Crippen LogP contribution in [0.1, 0.15) is 65.3 Å². The Bertz CT molecular complexity index is 910. The van der Waals surface area contributed by atoms with Crippen LogP contribution in [0.15, 0.2) is 6.20 Å². The van der Waals surface area contributed by atoms with Crippen LogP contribution < -0.4 is 16.0 Å². The van der Waals surface area contributed by atoms with Gasteiger partial charge in [0.1, 0.15) is 5.52 Å². The Hall–Kier alpha value is -2.14. The number of nitrogens with zero attached hydrogens (tertiary/aromatic N) is 4. The van der Waals surface area contributed by atoms with Crippen molar-refractivity contribution in [3.05, 3.63) is 6.20 Å². The molecule has 8 nitrogen and oxygen atoms in total. The van der Waals surface area contributed by atoms with Gasteiger partial charge in [0, 0.05) is 17.6 Å². The van der Waals surface area contributed by atoms with E-state index in [9.17, 15) is 13.2 Å². The van der Waals surface area contributed by atoms with E-state index < -0.39 is 12.5 Å². The summed E-state index contributed by atoms with van der Waals surface area (Å²) in [5.41, 5.74) is 1.31. The van der Waals surface area contributed by atoms with Crippen molar-refractivity contribution in [2.45, 2.75) is 89.4 Å². The average molecular weight is 456 g/mol. The maximum atomic E-state index is 12.5. The van der Waals surface area contributed by atoms with Crippen molar-refractivity contribution in [3.63, 3.8) is 0 Å². The van der Waals surface area contributed by atoms with Crippen LogP contribution in [-0.4, -0.2) is 56.7 Å². The number of rotatable bonds is 5. The molecule has 178 valence electrons. The zero-order chi connectivity index (χ0) is 22.9. The lowest BCUT2D eigenvalue weighted by Crippen LogP contribution is -2.34. The van der Waals surface area contributed by atoms with Gasteiger partial charge < -0.3 is 16.0 Å². The predicted molar refractivity (Wildman–Crippen MR) is 117 cm³/mol. The highest BCUT2D eigenvalue weighted by Crippen LogP contribution is 2.32. The number of nitrogens with one attached hydrogen (secondary N) is 3. The van der Waals surface area contributed by atoms with Crippen LogP contribution in [0.4, 0.5) is 25.1 Å². The largest absolute Gasteiger partial charge is 0.522 e. The first-order valence-corrected chi connectivity index (χ1v) is 11.3. The van der Waals surface area contributed by atoms with Crippen LogP contribution in [0.2, 0.25) is 0 Å². The Morgan fingerprint density at radius 2 is 1.72 bits per heavy atom. The summed E-state index contributed by atoms with van der Waals surface area (Å²) in [5.74, 6) is 1.27. The van der Waals surface area contributed by atoms with E-state index in [0.29, 0.717) is 43.1 Å². The first-order chi connectivity index (χ1) is 15.1. The number of ether oxygens (including phenoxy) is 1. The molecule has 0 bridgehead atoms. The summed E-state index contributed by atoms with van der Waals surface area (Å²) in [4.78, 5) is 14.0. The molecule has 0 spiro atoms. The van der Waals surface area contributed by atoms with E-state index >= 15 is 0 Å². The fourth-order valence-corrected chi connectivity index (χ4v) is 4.50. The van der Waals surface area contributed by atoms with Crippen molar-refractivity contribution in [2.75, 3.05) is 23.7 Å². The molecule has 0 unspecified atom stereocenters. The monoisotopic (exact) mass is 455 g/mol. The molecule has 0 amide bonds. The Labute approximate surface area is 185 Å². The number of imidazole rings is 1. The number of piperidine rings is 1. The zero-order valence-electron chi connectivity index (χ0n) is 18.8. The molecular weight excluding hydrogens is 423 g/mol. The summed E-state index contributed by atoms with van der Waals surface area (Å²) in [6, 6.07) is 0.284. The smallest absolute Gasteiger partial charge is 0.353 e. The van der Waals surface area contributed by atoms with Gasteiger partial charge in [-0.3, -0.25) is 9.30 Å². The number of fused-ring (bicyclic) bond motifs is 1. The highest BCUT2D eigenvalue weighted by Gasteiger charge is 2.35. The van der Waals surface area contributed by atoms with Gasteiger partial charge in [-0.15, -0.1) is 13.2 Å². The SMILES string of the molecule is CC(C)(C)Nc1ncc2nc(NC3CCC(OC(F)(F)F)CC3)n(C3CCNCC3)c2n1. The first-order valence-electron chi connectivity index (χ1n) is 11.3. The minimum Gasteiger partial charge on any atom is -0.353 e. The van der Waals surface area contributed by atoms with Gasteiger partial charge in [0.05, 0.1) is 12.3 Å². The van der Waals surface area contributed by atoms with E-state index in [0.717, 1.165) is 31.6 Å². The summed E-state index contributed by atoms with van der Waals surface area (Å²) in [5, 5.41) is 10.2. The van der Waals surface area contributed by atoms with Gasteiger partial charge in [0.25, 0.3) is 0 Å². The molecule has 2 aromatic rings. The lowest BCUT2D eigenvalue weighted by molar-refractivity contribution is -0.345. The van der Waals surface area contributed by atoms with Gasteiger partial charge in [-0.25, -0.2) is 9.97 Å². The van der Waals surface area contributed by atoms with Gasteiger partial charge in [0.15, 0.2) is 5.65 Å². The Morgan fingerprint density at radius 3 is 2.34 bits per heavy atom. The fourth-order valence-electron chi connectivity index (χ4n) is 4.50. The lowest BCUT2D eigenvalue weighted by atomic mass is 9.93. The molecule has 0 atom stereocenters. The highest BCUT2D eigenvalue weighted by atomic mass is 19.4. The number of hydrogen-bond donors (Lipinski definition) is 3. The molecule has 1 aliphatic carbocycles. The van der Waals surface area contributed by atoms with Crippen molar-refractivity contribution in [3.8, 4) is 0 Å². The second-order valence-corrected chi connectivity index (χ2v) is 9.75. The molecule has 2 aromatic heterocycles. The van der Waals surface area contributed by atoms with Crippen LogP contribution in [0.3, 0.4) is 0 Å². The molecule has 2 aliphatic rings.